The second-order valence-corrected chi connectivity index (χ2v) is 26.4. The second kappa shape index (κ2) is 38.1. The molecule has 10 atom stereocenters. The van der Waals surface area contributed by atoms with E-state index in [0.29, 0.717) is 45.0 Å². The highest BCUT2D eigenvalue weighted by Crippen LogP contribution is 2.36. The number of nitrogens with one attached hydrogen (secondary N) is 11. The lowest BCUT2D eigenvalue weighted by Crippen LogP contribution is -2.62. The summed E-state index contributed by atoms with van der Waals surface area (Å²) in [6.07, 6.45) is 5.83. The van der Waals surface area contributed by atoms with Crippen LogP contribution in [-0.2, 0) is 84.8 Å². The van der Waals surface area contributed by atoms with Crippen LogP contribution in [0.25, 0.3) is 10.8 Å². The number of hydrogen-bond acceptors (Lipinski definition) is 17. The summed E-state index contributed by atoms with van der Waals surface area (Å²) in [6, 6.07) is 17.2. The van der Waals surface area contributed by atoms with Gasteiger partial charge in [-0.2, -0.15) is 0 Å². The second-order valence-electron chi connectivity index (χ2n) is 26.0. The molecule has 4 aromatic carbocycles. The number of guanidine groups is 1. The van der Waals surface area contributed by atoms with Crippen molar-refractivity contribution in [1.82, 2.24) is 68.0 Å². The van der Waals surface area contributed by atoms with Crippen LogP contribution in [0.1, 0.15) is 87.6 Å². The van der Waals surface area contributed by atoms with E-state index in [4.69, 9.17) is 38.0 Å². The molecule has 8 rings (SSSR count). The van der Waals surface area contributed by atoms with Gasteiger partial charge in [-0.1, -0.05) is 104 Å². The molecule has 11 amide bonds. The number of rotatable bonds is 36. The number of pyridine rings is 2. The van der Waals surface area contributed by atoms with E-state index in [-0.39, 0.29) is 95.3 Å². The molecule has 31 heteroatoms. The minimum atomic E-state index is -1.84. The number of aromatic nitrogens is 2. The molecule has 4 heterocycles. The number of hydrogen-bond donors (Lipinski definition) is 14. The number of amides is 11. The number of nitrogens with zero attached hydrogens (tertiary/aromatic N) is 3. The predicted molar refractivity (Wildman–Crippen MR) is 383 cm³/mol. The van der Waals surface area contributed by atoms with Crippen LogP contribution < -0.4 is 74.1 Å². The Morgan fingerprint density at radius 2 is 1.10 bits per heavy atom. The number of carbonyl (C=O) groups excluding carboxylic acids is 11. The Balaban J connectivity index is 1.04. The van der Waals surface area contributed by atoms with Gasteiger partial charge in [-0.3, -0.25) is 68.1 Å². The summed E-state index contributed by atoms with van der Waals surface area (Å²) in [5.74, 6) is -8.95. The summed E-state index contributed by atoms with van der Waals surface area (Å²) in [6.45, 7) is 5.27. The minimum absolute atomic E-state index is 0.00677. The molecule has 6 aromatic rings. The zero-order chi connectivity index (χ0) is 75.0. The van der Waals surface area contributed by atoms with Crippen molar-refractivity contribution in [1.29, 1.82) is 5.41 Å². The van der Waals surface area contributed by atoms with Crippen LogP contribution in [0.3, 0.4) is 0 Å². The van der Waals surface area contributed by atoms with Crippen molar-refractivity contribution < 1.29 is 67.3 Å². The number of benzene rings is 4. The highest BCUT2D eigenvalue weighted by molar-refractivity contribution is 6.30. The van der Waals surface area contributed by atoms with Gasteiger partial charge in [0.2, 0.25) is 71.8 Å². The van der Waals surface area contributed by atoms with Crippen LogP contribution in [0, 0.1) is 11.3 Å². The molecule has 0 radical (unpaired) electrons. The number of carbonyl (C=O) groups is 11. The van der Waals surface area contributed by atoms with Crippen LogP contribution in [0.5, 0.6) is 11.5 Å². The molecule has 2 aliphatic heterocycles. The average Bonchev–Trinajstić information content (AvgIpc) is 1.79. The fraction of sp³-hybridized carbons (Fsp3) is 0.397. The summed E-state index contributed by atoms with van der Waals surface area (Å²) < 4.78 is 11.4. The Morgan fingerprint density at radius 1 is 0.577 bits per heavy atom. The smallest absolute Gasteiger partial charge is 0.245 e. The number of nitrogens with two attached hydrogens (primary N) is 2. The molecule has 0 bridgehead atoms. The molecule has 0 aliphatic carbocycles. The molecule has 2 aromatic heterocycles. The number of fused-ring (bicyclic) bond motifs is 2. The van der Waals surface area contributed by atoms with Gasteiger partial charge in [-0.25, -0.2) is 0 Å². The predicted octanol–water partition coefficient (Wildman–Crippen LogP) is 0.706. The van der Waals surface area contributed by atoms with Crippen molar-refractivity contribution in [2.45, 2.75) is 152 Å². The highest BCUT2D eigenvalue weighted by Gasteiger charge is 2.41. The largest absolute Gasteiger partial charge is 0.454 e. The first kappa shape index (κ1) is 78.4. The van der Waals surface area contributed by atoms with Gasteiger partial charge in [0.05, 0.1) is 6.61 Å². The number of aliphatic hydroxyl groups excluding tert-OH is 1. The molecule has 1 saturated heterocycles. The van der Waals surface area contributed by atoms with Crippen molar-refractivity contribution in [3.05, 3.63) is 167 Å². The van der Waals surface area contributed by atoms with Gasteiger partial charge >= 0.3 is 0 Å². The normalized spacial score (nSPS) is 15.6. The molecule has 16 N–H and O–H groups in total. The lowest BCUT2D eigenvalue weighted by atomic mass is 9.99. The molecule has 0 saturated carbocycles. The van der Waals surface area contributed by atoms with E-state index in [9.17, 15) is 48.3 Å². The van der Waals surface area contributed by atoms with Crippen LogP contribution in [0.4, 0.5) is 0 Å². The first-order valence-electron chi connectivity index (χ1n) is 34.2. The SMILES string of the molecule is CC(=O)N[C@H](Cc1ccc2ccccc2c1)C(=O)N[C@H](Cc1ccc(Cl)cc1)C(=O)N[C@H](Cc1cccnc1)C(=O)N[C@@H](CO)C(=O)N[C@@H](Cc1cccc2c1OCO2)C(=O)N[C@H](Cc1cccnc1)C(=O)N[C@@H](CC(C)C)C(=O)N[C@@H](CCCNC(=N)N)C(=O)N1CCC[C@H]1C(=O)N[C@H](C)C(N)=O. The summed E-state index contributed by atoms with van der Waals surface area (Å²) in [5, 5.41) is 47.8. The fourth-order valence-corrected chi connectivity index (χ4v) is 12.2. The van der Waals surface area contributed by atoms with E-state index < -0.39 is 132 Å². The molecule has 1 fully saturated rings. The van der Waals surface area contributed by atoms with Gasteiger partial charge in [0.15, 0.2) is 17.5 Å². The molecule has 552 valence electrons. The lowest BCUT2D eigenvalue weighted by molar-refractivity contribution is -0.142. The van der Waals surface area contributed by atoms with Gasteiger partial charge in [0.25, 0.3) is 0 Å². The molecule has 30 nitrogen and oxygen atoms in total. The Hall–Kier alpha value is -11.3. The third kappa shape index (κ3) is 23.1. The van der Waals surface area contributed by atoms with Gasteiger partial charge in [0, 0.05) is 87.5 Å². The molecular formula is C73H89ClN16O14. The maximum Gasteiger partial charge on any atom is 0.245 e. The maximum atomic E-state index is 15.2. The number of halogens is 1. The lowest BCUT2D eigenvalue weighted by Gasteiger charge is -2.31. The minimum Gasteiger partial charge on any atom is -0.454 e. The number of ether oxygens (including phenoxy) is 2. The van der Waals surface area contributed by atoms with E-state index >= 15 is 9.59 Å². The number of primary amides is 1. The van der Waals surface area contributed by atoms with E-state index in [0.717, 1.165) is 10.8 Å². The summed E-state index contributed by atoms with van der Waals surface area (Å²) in [5.41, 5.74) is 13.5. The maximum absolute atomic E-state index is 15.2. The van der Waals surface area contributed by atoms with Gasteiger partial charge < -0.3 is 84.1 Å². The standard InChI is InChI=1S/C73H89ClN16O14/c1-41(2)30-53(64(94)83-52(17-10-28-80-73(76)77)72(102)90-29-11-18-60(90)71(101)81-42(3)63(75)93)84-67(97)56(34-46-12-8-26-78-37-46)87-69(99)58(36-50-16-7-19-61-62(50)104-40-103-61)88-70(100)59(39-91)89-68(98)57(35-47-13-9-27-79-38-47)86-66(96)55(32-44-21-24-51(74)25-22-44)85-65(95)54(82-43(4)92)33-45-20-23-48-14-5-6-15-49(48)31-45/h5-9,12-16,19-27,31,37-38,41-42,52-60,91H,10-11,17-18,28-30,32-36,39-40H2,1-4H3,(H2,75,93)(H,81,101)(H,82,92)(H,83,94)(H,84,97)(H,85,95)(H,86,96)(H,87,99)(H,88,100)(H,89,98)(H4,76,77,80)/t42-,52+,53+,54-,55-,56-,57-,58+,59+,60+/m1/s1. The first-order chi connectivity index (χ1) is 49.8. The summed E-state index contributed by atoms with van der Waals surface area (Å²) in [4.78, 5) is 166. The fourth-order valence-electron chi connectivity index (χ4n) is 12.1. The third-order valence-electron chi connectivity index (χ3n) is 17.4. The number of para-hydroxylation sites is 1. The third-order valence-corrected chi connectivity index (χ3v) is 17.7. The quantitative estimate of drug-likeness (QED) is 0.0146. The Bertz CT molecular complexity index is 4040. The van der Waals surface area contributed by atoms with Gasteiger partial charge in [-0.05, 0) is 108 Å². The van der Waals surface area contributed by atoms with Crippen molar-refractivity contribution >= 4 is 93.3 Å². The Morgan fingerprint density at radius 3 is 1.65 bits per heavy atom. The molecule has 104 heavy (non-hydrogen) atoms. The van der Waals surface area contributed by atoms with Crippen molar-refractivity contribution in [2.24, 2.45) is 17.4 Å². The van der Waals surface area contributed by atoms with Gasteiger partial charge in [-0.15, -0.1) is 0 Å². The molecule has 2 aliphatic rings. The zero-order valence-corrected chi connectivity index (χ0v) is 58.8. The zero-order valence-electron chi connectivity index (χ0n) is 58.1. The van der Waals surface area contributed by atoms with Crippen molar-refractivity contribution in [3.63, 3.8) is 0 Å². The van der Waals surface area contributed by atoms with E-state index in [2.05, 4.69) is 63.1 Å². The Kier molecular flexibility index (Phi) is 28.8. The molecular weight excluding hydrogens is 1360 g/mol. The van der Waals surface area contributed by atoms with Crippen LogP contribution >= 0.6 is 11.6 Å². The summed E-state index contributed by atoms with van der Waals surface area (Å²) >= 11 is 6.25. The van der Waals surface area contributed by atoms with Gasteiger partial charge in [0.1, 0.15) is 60.4 Å². The Labute approximate surface area is 605 Å². The van der Waals surface area contributed by atoms with Crippen LogP contribution in [-0.4, -0.2) is 178 Å². The van der Waals surface area contributed by atoms with Crippen LogP contribution in [0.15, 0.2) is 134 Å². The number of likely N-dealkylation sites (tertiary alicyclic amines) is 1. The monoisotopic (exact) mass is 1450 g/mol. The highest BCUT2D eigenvalue weighted by atomic mass is 35.5. The summed E-state index contributed by atoms with van der Waals surface area (Å²) in [7, 11) is 0. The number of aliphatic hydroxyl groups is 1. The van der Waals surface area contributed by atoms with E-state index in [1.54, 1.807) is 80.6 Å². The van der Waals surface area contributed by atoms with Crippen molar-refractivity contribution in [2.75, 3.05) is 26.5 Å². The topological polar surface area (TPSA) is 452 Å². The first-order valence-corrected chi connectivity index (χ1v) is 34.6. The molecule has 0 spiro atoms. The van der Waals surface area contributed by atoms with Crippen LogP contribution in [0.2, 0.25) is 5.02 Å². The average molecular weight is 1450 g/mol. The molecule has 0 unspecified atom stereocenters. The van der Waals surface area contributed by atoms with E-state index in [1.165, 1.54) is 43.5 Å². The van der Waals surface area contributed by atoms with Crippen molar-refractivity contribution in [3.8, 4) is 11.5 Å². The van der Waals surface area contributed by atoms with E-state index in [1.807, 2.05) is 42.5 Å².